The van der Waals surface area contributed by atoms with Gasteiger partial charge in [0.25, 0.3) is 0 Å². The lowest BCUT2D eigenvalue weighted by Crippen LogP contribution is -2.44. The summed E-state index contributed by atoms with van der Waals surface area (Å²) >= 11 is 0. The summed E-state index contributed by atoms with van der Waals surface area (Å²) in [5, 5.41) is 2.89. The van der Waals surface area contributed by atoms with Crippen LogP contribution in [0.3, 0.4) is 0 Å². The maximum absolute atomic E-state index is 12.7. The summed E-state index contributed by atoms with van der Waals surface area (Å²) in [6.07, 6.45) is 3.84. The monoisotopic (exact) mass is 267 g/mol. The fourth-order valence-corrected chi connectivity index (χ4v) is 4.92. The molecule has 0 amide bonds. The van der Waals surface area contributed by atoms with E-state index in [1.807, 2.05) is 26.1 Å². The summed E-state index contributed by atoms with van der Waals surface area (Å²) in [4.78, 5) is 0.467. The van der Waals surface area contributed by atoms with Gasteiger partial charge in [-0.15, -0.1) is 0 Å². The molecule has 3 nitrogen and oxygen atoms in total. The lowest BCUT2D eigenvalue weighted by molar-refractivity contribution is 0.389. The highest BCUT2D eigenvalue weighted by Crippen LogP contribution is 2.29. The van der Waals surface area contributed by atoms with Gasteiger partial charge in [-0.05, 0) is 44.5 Å². The largest absolute Gasteiger partial charge is 0.316 e. The molecule has 0 aliphatic heterocycles. The van der Waals surface area contributed by atoms with Gasteiger partial charge in [0.2, 0.25) is 0 Å². The average molecular weight is 267 g/mol. The topological polar surface area (TPSA) is 46.2 Å². The van der Waals surface area contributed by atoms with Crippen LogP contribution in [0.5, 0.6) is 0 Å². The highest BCUT2D eigenvalue weighted by molar-refractivity contribution is 7.92. The molecule has 100 valence electrons. The highest BCUT2D eigenvalue weighted by Gasteiger charge is 2.35. The van der Waals surface area contributed by atoms with E-state index < -0.39 is 9.84 Å². The Morgan fingerprint density at radius 3 is 2.61 bits per heavy atom. The van der Waals surface area contributed by atoms with E-state index in [0.717, 1.165) is 31.2 Å². The lowest BCUT2D eigenvalue weighted by Gasteiger charge is -2.30. The Morgan fingerprint density at radius 2 is 1.94 bits per heavy atom. The number of sulfone groups is 1. The Bertz CT molecular complexity index is 510. The summed E-state index contributed by atoms with van der Waals surface area (Å²) in [5.74, 6) is 0. The molecule has 2 atom stereocenters. The van der Waals surface area contributed by atoms with Crippen molar-refractivity contribution in [2.24, 2.45) is 0 Å². The fraction of sp³-hybridized carbons (Fsp3) is 0.571. The van der Waals surface area contributed by atoms with Crippen LogP contribution in [0.2, 0.25) is 0 Å². The molecule has 1 aliphatic rings. The van der Waals surface area contributed by atoms with Crippen molar-refractivity contribution in [3.05, 3.63) is 29.8 Å². The highest BCUT2D eigenvalue weighted by atomic mass is 32.2. The third kappa shape index (κ3) is 2.59. The summed E-state index contributed by atoms with van der Waals surface area (Å²) in [6, 6.07) is 7.32. The molecule has 1 aliphatic carbocycles. The number of rotatable bonds is 3. The number of nitrogens with one attached hydrogen (secondary N) is 1. The molecule has 0 aromatic heterocycles. The van der Waals surface area contributed by atoms with Crippen LogP contribution < -0.4 is 5.32 Å². The van der Waals surface area contributed by atoms with Crippen molar-refractivity contribution < 1.29 is 8.42 Å². The van der Waals surface area contributed by atoms with Gasteiger partial charge in [0.15, 0.2) is 9.84 Å². The molecule has 1 aromatic carbocycles. The summed E-state index contributed by atoms with van der Waals surface area (Å²) < 4.78 is 25.3. The van der Waals surface area contributed by atoms with Gasteiger partial charge in [-0.3, -0.25) is 0 Å². The van der Waals surface area contributed by atoms with Crippen molar-refractivity contribution >= 4 is 9.84 Å². The smallest absolute Gasteiger partial charge is 0.182 e. The van der Waals surface area contributed by atoms with Gasteiger partial charge in [0, 0.05) is 6.04 Å². The molecule has 0 heterocycles. The number of hydrogen-bond donors (Lipinski definition) is 1. The van der Waals surface area contributed by atoms with Crippen LogP contribution in [0.4, 0.5) is 0 Å². The SMILES string of the molecule is CNC1CCCCC1S(=O)(=O)c1cccc(C)c1. The predicted octanol–water partition coefficient (Wildman–Crippen LogP) is 2.30. The molecule has 0 saturated heterocycles. The minimum absolute atomic E-state index is 0.0873. The van der Waals surface area contributed by atoms with Crippen LogP contribution in [-0.2, 0) is 9.84 Å². The van der Waals surface area contributed by atoms with Gasteiger partial charge in [0.1, 0.15) is 0 Å². The molecule has 2 unspecified atom stereocenters. The minimum Gasteiger partial charge on any atom is -0.316 e. The fourth-order valence-electron chi connectivity index (χ4n) is 2.77. The molecule has 18 heavy (non-hydrogen) atoms. The van der Waals surface area contributed by atoms with Gasteiger partial charge < -0.3 is 5.32 Å². The Morgan fingerprint density at radius 1 is 1.22 bits per heavy atom. The third-order valence-electron chi connectivity index (χ3n) is 3.79. The van der Waals surface area contributed by atoms with E-state index in [2.05, 4.69) is 5.32 Å². The van der Waals surface area contributed by atoms with Crippen LogP contribution in [0.15, 0.2) is 29.2 Å². The normalized spacial score (nSPS) is 25.0. The van der Waals surface area contributed by atoms with Crippen LogP contribution in [0.25, 0.3) is 0 Å². The second-order valence-electron chi connectivity index (χ2n) is 5.08. The summed E-state index contributed by atoms with van der Waals surface area (Å²) in [6.45, 7) is 1.93. The van der Waals surface area contributed by atoms with E-state index in [9.17, 15) is 8.42 Å². The number of benzene rings is 1. The minimum atomic E-state index is -3.21. The van der Waals surface area contributed by atoms with Crippen molar-refractivity contribution in [1.82, 2.24) is 5.32 Å². The van der Waals surface area contributed by atoms with Crippen molar-refractivity contribution in [2.75, 3.05) is 7.05 Å². The van der Waals surface area contributed by atoms with E-state index in [1.165, 1.54) is 0 Å². The molecule has 2 rings (SSSR count). The second-order valence-corrected chi connectivity index (χ2v) is 7.25. The zero-order valence-corrected chi connectivity index (χ0v) is 11.8. The first-order valence-electron chi connectivity index (χ1n) is 6.53. The second kappa shape index (κ2) is 5.41. The van der Waals surface area contributed by atoms with Crippen molar-refractivity contribution in [2.45, 2.75) is 48.8 Å². The molecule has 1 N–H and O–H groups in total. The summed E-state index contributed by atoms with van der Waals surface area (Å²) in [7, 11) is -1.35. The molecule has 1 saturated carbocycles. The third-order valence-corrected chi connectivity index (χ3v) is 6.06. The van der Waals surface area contributed by atoms with Gasteiger partial charge in [-0.25, -0.2) is 8.42 Å². The Kier molecular flexibility index (Phi) is 4.07. The molecule has 0 bridgehead atoms. The zero-order chi connectivity index (χ0) is 13.2. The molecule has 1 aromatic rings. The molecule has 1 fully saturated rings. The first kappa shape index (κ1) is 13.6. The standard InChI is InChI=1S/C14H21NO2S/c1-11-6-5-7-12(10-11)18(16,17)14-9-4-3-8-13(14)15-2/h5-7,10,13-15H,3-4,8-9H2,1-2H3. The molecule has 0 radical (unpaired) electrons. The predicted molar refractivity (Wildman–Crippen MR) is 73.5 cm³/mol. The number of aryl methyl sites for hydroxylation is 1. The zero-order valence-electron chi connectivity index (χ0n) is 11.0. The van der Waals surface area contributed by atoms with Gasteiger partial charge in [-0.1, -0.05) is 25.0 Å². The lowest BCUT2D eigenvalue weighted by atomic mass is 9.95. The molecule has 4 heteroatoms. The number of hydrogen-bond acceptors (Lipinski definition) is 3. The van der Waals surface area contributed by atoms with Crippen molar-refractivity contribution in [3.8, 4) is 0 Å². The molecular formula is C14H21NO2S. The van der Waals surface area contributed by atoms with Crippen LogP contribution in [0, 0.1) is 6.92 Å². The van der Waals surface area contributed by atoms with Crippen LogP contribution >= 0.6 is 0 Å². The van der Waals surface area contributed by atoms with E-state index >= 15 is 0 Å². The Labute approximate surface area is 110 Å². The summed E-state index contributed by atoms with van der Waals surface area (Å²) in [5.41, 5.74) is 0.993. The van der Waals surface area contributed by atoms with E-state index in [0.29, 0.717) is 4.90 Å². The van der Waals surface area contributed by atoms with Crippen molar-refractivity contribution in [1.29, 1.82) is 0 Å². The molecular weight excluding hydrogens is 246 g/mol. The van der Waals surface area contributed by atoms with Crippen LogP contribution in [0.1, 0.15) is 31.2 Å². The first-order chi connectivity index (χ1) is 8.55. The van der Waals surface area contributed by atoms with Gasteiger partial charge in [-0.2, -0.15) is 0 Å². The van der Waals surface area contributed by atoms with Gasteiger partial charge >= 0.3 is 0 Å². The van der Waals surface area contributed by atoms with Crippen LogP contribution in [-0.4, -0.2) is 26.8 Å². The van der Waals surface area contributed by atoms with Gasteiger partial charge in [0.05, 0.1) is 10.1 Å². The Balaban J connectivity index is 2.35. The quantitative estimate of drug-likeness (QED) is 0.914. The van der Waals surface area contributed by atoms with E-state index in [1.54, 1.807) is 12.1 Å². The first-order valence-corrected chi connectivity index (χ1v) is 8.08. The van der Waals surface area contributed by atoms with E-state index in [-0.39, 0.29) is 11.3 Å². The average Bonchev–Trinajstić information content (AvgIpc) is 2.38. The maximum atomic E-state index is 12.7. The molecule has 0 spiro atoms. The van der Waals surface area contributed by atoms with Crippen molar-refractivity contribution in [3.63, 3.8) is 0 Å². The maximum Gasteiger partial charge on any atom is 0.182 e. The Hall–Kier alpha value is -0.870. The van der Waals surface area contributed by atoms with E-state index in [4.69, 9.17) is 0 Å².